The van der Waals surface area contributed by atoms with Gasteiger partial charge in [-0.25, -0.2) is 9.59 Å². The smallest absolute Gasteiger partial charge is 0.328 e. The summed E-state index contributed by atoms with van der Waals surface area (Å²) in [6, 6.07) is -1.91. The van der Waals surface area contributed by atoms with Crippen LogP contribution in [0, 0.1) is 5.41 Å². The summed E-state index contributed by atoms with van der Waals surface area (Å²) in [5.74, 6) is -1.27. The maximum atomic E-state index is 11.6. The lowest BCUT2D eigenvalue weighted by molar-refractivity contribution is -0.141. The molecule has 0 spiro atoms. The van der Waals surface area contributed by atoms with Gasteiger partial charge < -0.3 is 25.7 Å². The lowest BCUT2D eigenvalue weighted by atomic mass is 9.93. The number of aliphatic hydroxyl groups excluding tert-OH is 1. The van der Waals surface area contributed by atoms with E-state index in [4.69, 9.17) is 5.11 Å². The topological polar surface area (TPSA) is 102 Å². The summed E-state index contributed by atoms with van der Waals surface area (Å²) < 4.78 is 0. The van der Waals surface area contributed by atoms with Crippen molar-refractivity contribution in [2.24, 2.45) is 5.41 Å². The highest BCUT2D eigenvalue weighted by Gasteiger charge is 2.26. The summed E-state index contributed by atoms with van der Waals surface area (Å²) >= 11 is 0. The van der Waals surface area contributed by atoms with Gasteiger partial charge in [-0.3, -0.25) is 0 Å². The van der Waals surface area contributed by atoms with E-state index in [2.05, 4.69) is 10.6 Å². The molecule has 112 valence electrons. The predicted octanol–water partition coefficient (Wildman–Crippen LogP) is -0.293. The van der Waals surface area contributed by atoms with E-state index in [1.807, 2.05) is 32.8 Å². The SMILES string of the molecule is CC(O)C(NC(=O)NCC(C)(C)CN(C)C)C(=O)O. The van der Waals surface area contributed by atoms with Crippen molar-refractivity contribution in [3.8, 4) is 0 Å². The summed E-state index contributed by atoms with van der Waals surface area (Å²) in [7, 11) is 3.88. The molecule has 4 N–H and O–H groups in total. The summed E-state index contributed by atoms with van der Waals surface area (Å²) in [6.45, 7) is 6.50. The molecule has 0 aromatic heterocycles. The van der Waals surface area contributed by atoms with Gasteiger partial charge in [-0.1, -0.05) is 13.8 Å². The van der Waals surface area contributed by atoms with Crippen LogP contribution in [0.25, 0.3) is 0 Å². The largest absolute Gasteiger partial charge is 0.480 e. The van der Waals surface area contributed by atoms with Crippen molar-refractivity contribution in [2.45, 2.75) is 32.9 Å². The number of amides is 2. The van der Waals surface area contributed by atoms with Crippen LogP contribution in [-0.4, -0.2) is 66.4 Å². The van der Waals surface area contributed by atoms with Gasteiger partial charge in [0.15, 0.2) is 6.04 Å². The van der Waals surface area contributed by atoms with Crippen LogP contribution in [0.3, 0.4) is 0 Å². The van der Waals surface area contributed by atoms with Crippen molar-refractivity contribution < 1.29 is 19.8 Å². The summed E-state index contributed by atoms with van der Waals surface area (Å²) in [6.07, 6.45) is -1.15. The second-order valence-corrected chi connectivity index (χ2v) is 5.79. The molecule has 0 saturated carbocycles. The molecule has 0 aliphatic carbocycles. The second kappa shape index (κ2) is 7.30. The van der Waals surface area contributed by atoms with E-state index in [1.54, 1.807) is 0 Å². The monoisotopic (exact) mass is 275 g/mol. The Morgan fingerprint density at radius 2 is 1.84 bits per heavy atom. The van der Waals surface area contributed by atoms with Crippen molar-refractivity contribution in [2.75, 3.05) is 27.2 Å². The van der Waals surface area contributed by atoms with Gasteiger partial charge in [-0.2, -0.15) is 0 Å². The van der Waals surface area contributed by atoms with Crippen molar-refractivity contribution in [3.63, 3.8) is 0 Å². The van der Waals surface area contributed by atoms with Crippen molar-refractivity contribution >= 4 is 12.0 Å². The molecule has 0 radical (unpaired) electrons. The minimum Gasteiger partial charge on any atom is -0.480 e. The average Bonchev–Trinajstić information content (AvgIpc) is 2.20. The van der Waals surface area contributed by atoms with E-state index in [9.17, 15) is 14.7 Å². The van der Waals surface area contributed by atoms with Gasteiger partial charge in [0.1, 0.15) is 0 Å². The first-order valence-corrected chi connectivity index (χ1v) is 6.15. The molecule has 0 aromatic rings. The highest BCUT2D eigenvalue weighted by Crippen LogP contribution is 2.13. The van der Waals surface area contributed by atoms with Gasteiger partial charge in [-0.05, 0) is 26.4 Å². The molecule has 0 bridgehead atoms. The maximum Gasteiger partial charge on any atom is 0.328 e. The molecular weight excluding hydrogens is 250 g/mol. The zero-order valence-corrected chi connectivity index (χ0v) is 12.2. The molecule has 0 aliphatic heterocycles. The Morgan fingerprint density at radius 3 is 2.21 bits per heavy atom. The summed E-state index contributed by atoms with van der Waals surface area (Å²) in [5.41, 5.74) is -0.135. The number of aliphatic hydroxyl groups is 1. The molecule has 2 atom stereocenters. The highest BCUT2D eigenvalue weighted by atomic mass is 16.4. The number of rotatable bonds is 7. The first-order valence-electron chi connectivity index (χ1n) is 6.15. The molecule has 0 rings (SSSR count). The van der Waals surface area contributed by atoms with Gasteiger partial charge >= 0.3 is 12.0 Å². The molecule has 7 heteroatoms. The number of nitrogens with one attached hydrogen (secondary N) is 2. The number of carbonyl (C=O) groups excluding carboxylic acids is 1. The molecule has 0 saturated heterocycles. The number of carboxylic acid groups (broad SMARTS) is 1. The molecular formula is C12H25N3O4. The van der Waals surface area contributed by atoms with Gasteiger partial charge in [0.25, 0.3) is 0 Å². The van der Waals surface area contributed by atoms with E-state index >= 15 is 0 Å². The first-order chi connectivity index (χ1) is 8.55. The van der Waals surface area contributed by atoms with E-state index in [0.717, 1.165) is 6.54 Å². The lowest BCUT2D eigenvalue weighted by Crippen LogP contribution is -2.52. The lowest BCUT2D eigenvalue weighted by Gasteiger charge is -2.28. The van der Waals surface area contributed by atoms with Crippen LogP contribution in [0.4, 0.5) is 4.79 Å². The Balaban J connectivity index is 4.28. The molecule has 2 amide bonds. The van der Waals surface area contributed by atoms with Gasteiger partial charge in [0, 0.05) is 13.1 Å². The average molecular weight is 275 g/mol. The van der Waals surface area contributed by atoms with Crippen molar-refractivity contribution in [1.82, 2.24) is 15.5 Å². The predicted molar refractivity (Wildman–Crippen MR) is 72.0 cm³/mol. The van der Waals surface area contributed by atoms with Crippen LogP contribution in [0.1, 0.15) is 20.8 Å². The Kier molecular flexibility index (Phi) is 6.78. The van der Waals surface area contributed by atoms with Crippen LogP contribution in [-0.2, 0) is 4.79 Å². The quantitative estimate of drug-likeness (QED) is 0.511. The fourth-order valence-electron chi connectivity index (χ4n) is 1.81. The van der Waals surface area contributed by atoms with Crippen molar-refractivity contribution in [3.05, 3.63) is 0 Å². The zero-order chi connectivity index (χ0) is 15.2. The van der Waals surface area contributed by atoms with Crippen LogP contribution in [0.2, 0.25) is 0 Å². The number of nitrogens with zero attached hydrogens (tertiary/aromatic N) is 1. The Labute approximate surface area is 114 Å². The first kappa shape index (κ1) is 17.7. The minimum absolute atomic E-state index is 0.135. The molecule has 19 heavy (non-hydrogen) atoms. The third-order valence-corrected chi connectivity index (χ3v) is 2.51. The molecule has 0 fully saturated rings. The van der Waals surface area contributed by atoms with E-state index in [-0.39, 0.29) is 5.41 Å². The van der Waals surface area contributed by atoms with E-state index < -0.39 is 24.1 Å². The number of hydrogen-bond donors (Lipinski definition) is 4. The highest BCUT2D eigenvalue weighted by molar-refractivity contribution is 5.82. The standard InChI is InChI=1S/C12H25N3O4/c1-8(16)9(10(17)18)14-11(19)13-6-12(2,3)7-15(4)5/h8-9,16H,6-7H2,1-5H3,(H,17,18)(H2,13,14,19). The molecule has 7 nitrogen and oxygen atoms in total. The van der Waals surface area contributed by atoms with Gasteiger partial charge in [0.2, 0.25) is 0 Å². The Morgan fingerprint density at radius 1 is 1.32 bits per heavy atom. The van der Waals surface area contributed by atoms with Crippen molar-refractivity contribution in [1.29, 1.82) is 0 Å². The fraction of sp³-hybridized carbons (Fsp3) is 0.833. The number of hydrogen-bond acceptors (Lipinski definition) is 4. The normalized spacial score (nSPS) is 14.9. The van der Waals surface area contributed by atoms with E-state index in [0.29, 0.717) is 6.54 Å². The maximum absolute atomic E-state index is 11.6. The van der Waals surface area contributed by atoms with Crippen LogP contribution < -0.4 is 10.6 Å². The summed E-state index contributed by atoms with van der Waals surface area (Å²) in [5, 5.41) is 22.9. The molecule has 0 aliphatic rings. The number of aliphatic carboxylic acids is 1. The third-order valence-electron chi connectivity index (χ3n) is 2.51. The Bertz CT molecular complexity index is 316. The van der Waals surface area contributed by atoms with Gasteiger partial charge in [-0.15, -0.1) is 0 Å². The molecule has 0 heterocycles. The number of carboxylic acids is 1. The third kappa shape index (κ3) is 7.63. The zero-order valence-electron chi connectivity index (χ0n) is 12.2. The van der Waals surface area contributed by atoms with Crippen LogP contribution >= 0.6 is 0 Å². The fourth-order valence-corrected chi connectivity index (χ4v) is 1.81. The second-order valence-electron chi connectivity index (χ2n) is 5.79. The number of carbonyl (C=O) groups is 2. The molecule has 0 aromatic carbocycles. The van der Waals surface area contributed by atoms with Crippen LogP contribution in [0.5, 0.6) is 0 Å². The number of urea groups is 1. The van der Waals surface area contributed by atoms with Gasteiger partial charge in [0.05, 0.1) is 6.10 Å². The Hall–Kier alpha value is -1.34. The van der Waals surface area contributed by atoms with Crippen LogP contribution in [0.15, 0.2) is 0 Å². The summed E-state index contributed by atoms with van der Waals surface area (Å²) in [4.78, 5) is 24.4. The molecule has 2 unspecified atom stereocenters. The minimum atomic E-state index is -1.31. The van der Waals surface area contributed by atoms with E-state index in [1.165, 1.54) is 6.92 Å².